The van der Waals surface area contributed by atoms with E-state index in [0.717, 1.165) is 0 Å². The summed E-state index contributed by atoms with van der Waals surface area (Å²) in [6.45, 7) is 7.48. The maximum atomic E-state index is 14.0. The fourth-order valence-corrected chi connectivity index (χ4v) is 3.98. The van der Waals surface area contributed by atoms with Crippen molar-refractivity contribution < 1.29 is 23.5 Å². The van der Waals surface area contributed by atoms with Gasteiger partial charge in [-0.15, -0.1) is 5.10 Å². The third-order valence-corrected chi connectivity index (χ3v) is 6.27. The summed E-state index contributed by atoms with van der Waals surface area (Å²) in [6.07, 6.45) is 2.12. The molecule has 2 amide bonds. The van der Waals surface area contributed by atoms with Crippen LogP contribution in [0.3, 0.4) is 0 Å². The Morgan fingerprint density at radius 1 is 1.08 bits per heavy atom. The normalized spacial score (nSPS) is 12.2. The van der Waals surface area contributed by atoms with Crippen molar-refractivity contribution >= 4 is 34.5 Å². The van der Waals surface area contributed by atoms with Gasteiger partial charge in [0.15, 0.2) is 6.04 Å². The maximum absolute atomic E-state index is 14.0. The number of rotatable bonds is 10. The number of nitrogens with zero attached hydrogens (tertiary/aromatic N) is 4. The minimum absolute atomic E-state index is 0.203. The highest BCUT2D eigenvalue weighted by Crippen LogP contribution is 2.31. The molecule has 2 aromatic carbocycles. The second-order valence-electron chi connectivity index (χ2n) is 9.41. The molecule has 0 spiro atoms. The van der Waals surface area contributed by atoms with Crippen LogP contribution in [0.4, 0.5) is 5.69 Å². The third-order valence-electron chi connectivity index (χ3n) is 6.27. The lowest BCUT2D eigenvalue weighted by atomic mass is 10.0. The molecule has 0 saturated carbocycles. The molecule has 4 rings (SSSR count). The van der Waals surface area contributed by atoms with Gasteiger partial charge in [0.2, 0.25) is 5.91 Å². The summed E-state index contributed by atoms with van der Waals surface area (Å²) in [4.78, 5) is 41.7. The van der Waals surface area contributed by atoms with Crippen molar-refractivity contribution in [1.82, 2.24) is 20.3 Å². The van der Waals surface area contributed by atoms with E-state index in [1.807, 2.05) is 39.0 Å². The Morgan fingerprint density at radius 2 is 1.87 bits per heavy atom. The second-order valence-corrected chi connectivity index (χ2v) is 9.41. The molecule has 0 bridgehead atoms. The first-order valence-corrected chi connectivity index (χ1v) is 12.5. The van der Waals surface area contributed by atoms with E-state index in [1.165, 1.54) is 21.9 Å². The fraction of sp³-hybridized carbons (Fsp3) is 0.321. The first-order valence-electron chi connectivity index (χ1n) is 12.5. The Morgan fingerprint density at radius 3 is 2.58 bits per heavy atom. The van der Waals surface area contributed by atoms with Gasteiger partial charge in [-0.25, -0.2) is 9.48 Å². The number of aromatic nitrogens is 3. The summed E-state index contributed by atoms with van der Waals surface area (Å²) in [5.74, 6) is -1.14. The number of benzene rings is 2. The van der Waals surface area contributed by atoms with Crippen LogP contribution in [-0.2, 0) is 20.9 Å². The zero-order valence-electron chi connectivity index (χ0n) is 21.9. The van der Waals surface area contributed by atoms with Crippen LogP contribution in [0.1, 0.15) is 56.3 Å². The largest absolute Gasteiger partial charge is 0.467 e. The minimum atomic E-state index is -1.16. The SMILES string of the molecule is CCOC(=O)c1cccc(N(C(=O)Cn2nnc3ccccc32)[C@H](C(=O)NC(C)(C)CC)c2ccco2)c1. The molecule has 1 atom stereocenters. The van der Waals surface area contributed by atoms with Crippen molar-refractivity contribution in [2.45, 2.75) is 52.2 Å². The van der Waals surface area contributed by atoms with Crippen molar-refractivity contribution in [3.05, 3.63) is 78.3 Å². The zero-order valence-corrected chi connectivity index (χ0v) is 21.9. The molecule has 0 fully saturated rings. The van der Waals surface area contributed by atoms with E-state index in [-0.39, 0.29) is 24.5 Å². The number of anilines is 1. The highest BCUT2D eigenvalue weighted by molar-refractivity contribution is 6.02. The summed E-state index contributed by atoms with van der Waals surface area (Å²) in [6, 6.07) is 15.9. The Balaban J connectivity index is 1.81. The molecule has 0 aliphatic heterocycles. The molecule has 1 N–H and O–H groups in total. The summed E-state index contributed by atoms with van der Waals surface area (Å²) in [5, 5.41) is 11.3. The highest BCUT2D eigenvalue weighted by Gasteiger charge is 2.37. The monoisotopic (exact) mass is 517 g/mol. The molecule has 0 saturated heterocycles. The van der Waals surface area contributed by atoms with Crippen LogP contribution in [0.5, 0.6) is 0 Å². The van der Waals surface area contributed by atoms with Crippen LogP contribution in [0.25, 0.3) is 11.0 Å². The Bertz CT molecular complexity index is 1430. The van der Waals surface area contributed by atoms with Crippen LogP contribution < -0.4 is 10.2 Å². The number of hydrogen-bond acceptors (Lipinski definition) is 7. The molecule has 0 unspecified atom stereocenters. The van der Waals surface area contributed by atoms with Crippen molar-refractivity contribution in [3.8, 4) is 0 Å². The number of para-hydroxylation sites is 1. The molecule has 0 aliphatic carbocycles. The van der Waals surface area contributed by atoms with E-state index < -0.39 is 29.4 Å². The molecule has 10 nitrogen and oxygen atoms in total. The van der Waals surface area contributed by atoms with E-state index in [0.29, 0.717) is 23.1 Å². The molecule has 2 aromatic heterocycles. The highest BCUT2D eigenvalue weighted by atomic mass is 16.5. The molecule has 10 heteroatoms. The summed E-state index contributed by atoms with van der Waals surface area (Å²) in [7, 11) is 0. The third kappa shape index (κ3) is 5.74. The van der Waals surface area contributed by atoms with E-state index >= 15 is 0 Å². The number of fused-ring (bicyclic) bond motifs is 1. The predicted octanol–water partition coefficient (Wildman–Crippen LogP) is 4.28. The van der Waals surface area contributed by atoms with Crippen LogP contribution in [-0.4, -0.2) is 44.9 Å². The van der Waals surface area contributed by atoms with E-state index in [1.54, 1.807) is 43.3 Å². The number of nitrogens with one attached hydrogen (secondary N) is 1. The van der Waals surface area contributed by atoms with Crippen molar-refractivity contribution in [3.63, 3.8) is 0 Å². The Kier molecular flexibility index (Phi) is 7.90. The van der Waals surface area contributed by atoms with Crippen LogP contribution in [0, 0.1) is 0 Å². The number of carbonyl (C=O) groups excluding carboxylic acids is 3. The Labute approximate surface area is 220 Å². The van der Waals surface area contributed by atoms with Gasteiger partial charge in [0.1, 0.15) is 17.8 Å². The summed E-state index contributed by atoms with van der Waals surface area (Å²) in [5.41, 5.74) is 1.36. The van der Waals surface area contributed by atoms with Crippen molar-refractivity contribution in [2.75, 3.05) is 11.5 Å². The fourth-order valence-electron chi connectivity index (χ4n) is 3.98. The predicted molar refractivity (Wildman–Crippen MR) is 141 cm³/mol. The van der Waals surface area contributed by atoms with E-state index in [2.05, 4.69) is 15.6 Å². The van der Waals surface area contributed by atoms with Gasteiger partial charge in [-0.1, -0.05) is 30.3 Å². The van der Waals surface area contributed by atoms with Crippen LogP contribution in [0.15, 0.2) is 71.3 Å². The number of amides is 2. The van der Waals surface area contributed by atoms with Gasteiger partial charge in [-0.2, -0.15) is 0 Å². The molecular weight excluding hydrogens is 486 g/mol. The summed E-state index contributed by atoms with van der Waals surface area (Å²) < 4.78 is 12.3. The van der Waals surface area contributed by atoms with Gasteiger partial charge in [-0.05, 0) is 69.7 Å². The molecule has 198 valence electrons. The number of furan rings is 1. The quantitative estimate of drug-likeness (QED) is 0.312. The maximum Gasteiger partial charge on any atom is 0.338 e. The molecule has 4 aromatic rings. The van der Waals surface area contributed by atoms with Crippen molar-refractivity contribution in [2.24, 2.45) is 0 Å². The van der Waals surface area contributed by atoms with Crippen LogP contribution >= 0.6 is 0 Å². The number of hydrogen-bond donors (Lipinski definition) is 1. The Hall–Kier alpha value is -4.47. The first-order chi connectivity index (χ1) is 18.2. The molecule has 2 heterocycles. The van der Waals surface area contributed by atoms with Gasteiger partial charge in [0.25, 0.3) is 5.91 Å². The molecule has 0 radical (unpaired) electrons. The first kappa shape index (κ1) is 26.6. The molecule has 38 heavy (non-hydrogen) atoms. The zero-order chi connectivity index (χ0) is 27.3. The standard InChI is InChI=1S/C28H31N5O5/c1-5-28(3,4)29-26(35)25(23-15-10-16-38-23)33(20-12-9-11-19(17-20)27(36)37-6-2)24(34)18-32-22-14-8-7-13-21(22)30-31-32/h7-17,25H,5-6,18H2,1-4H3,(H,29,35)/t25-/m0/s1. The minimum Gasteiger partial charge on any atom is -0.467 e. The number of carbonyl (C=O) groups is 3. The number of esters is 1. The van der Waals surface area contributed by atoms with Gasteiger partial charge in [0.05, 0.1) is 24.0 Å². The van der Waals surface area contributed by atoms with Gasteiger partial charge in [-0.3, -0.25) is 14.5 Å². The van der Waals surface area contributed by atoms with Crippen molar-refractivity contribution in [1.29, 1.82) is 0 Å². The lowest BCUT2D eigenvalue weighted by Gasteiger charge is -2.33. The lowest BCUT2D eigenvalue weighted by Crippen LogP contribution is -2.51. The number of ether oxygens (including phenoxy) is 1. The second kappa shape index (κ2) is 11.3. The smallest absolute Gasteiger partial charge is 0.338 e. The topological polar surface area (TPSA) is 120 Å². The van der Waals surface area contributed by atoms with Gasteiger partial charge < -0.3 is 14.5 Å². The van der Waals surface area contributed by atoms with Gasteiger partial charge >= 0.3 is 5.97 Å². The van der Waals surface area contributed by atoms with Gasteiger partial charge in [0, 0.05) is 11.2 Å². The van der Waals surface area contributed by atoms with Crippen LogP contribution in [0.2, 0.25) is 0 Å². The average Bonchev–Trinajstić information content (AvgIpc) is 3.57. The summed E-state index contributed by atoms with van der Waals surface area (Å²) >= 11 is 0. The van der Waals surface area contributed by atoms with E-state index in [9.17, 15) is 14.4 Å². The molecule has 0 aliphatic rings. The molecular formula is C28H31N5O5. The van der Waals surface area contributed by atoms with E-state index in [4.69, 9.17) is 9.15 Å². The average molecular weight is 518 g/mol. The lowest BCUT2D eigenvalue weighted by molar-refractivity contribution is -0.128.